The molecular weight excluding hydrogens is 354 g/mol. The number of sulfonamides is 1. The molecule has 1 aliphatic heterocycles. The van der Waals surface area contributed by atoms with Crippen LogP contribution in [0.15, 0.2) is 54.5 Å². The van der Waals surface area contributed by atoms with E-state index in [-0.39, 0.29) is 31.2 Å². The van der Waals surface area contributed by atoms with Crippen LogP contribution in [-0.2, 0) is 24.2 Å². The van der Waals surface area contributed by atoms with Crippen LogP contribution in [0.5, 0.6) is 0 Å². The average Bonchev–Trinajstić information content (AvgIpc) is 2.60. The summed E-state index contributed by atoms with van der Waals surface area (Å²) < 4.78 is 44.7. The van der Waals surface area contributed by atoms with Crippen molar-refractivity contribution in [3.8, 4) is 0 Å². The molecule has 0 N–H and O–H groups in total. The maximum Gasteiger partial charge on any atom is 0.243 e. The number of hydrogen-bond acceptors (Lipinski definition) is 5. The highest BCUT2D eigenvalue weighted by atomic mass is 32.2. The Hall–Kier alpha value is -1.51. The highest BCUT2D eigenvalue weighted by Crippen LogP contribution is 2.28. The van der Waals surface area contributed by atoms with Crippen molar-refractivity contribution < 1.29 is 22.6 Å². The van der Waals surface area contributed by atoms with E-state index in [2.05, 4.69) is 13.2 Å². The number of ether oxygens (including phenoxy) is 3. The monoisotopic (exact) mass is 381 g/mol. The predicted octanol–water partition coefficient (Wildman–Crippen LogP) is 2.51. The second-order valence-electron chi connectivity index (χ2n) is 6.41. The lowest BCUT2D eigenvalue weighted by Gasteiger charge is -2.43. The molecule has 1 saturated heterocycles. The Kier molecular flexibility index (Phi) is 7.14. The summed E-state index contributed by atoms with van der Waals surface area (Å²) in [4.78, 5) is 0.252. The van der Waals surface area contributed by atoms with Gasteiger partial charge in [0.25, 0.3) is 0 Å². The molecule has 0 bridgehead atoms. The highest BCUT2D eigenvalue weighted by molar-refractivity contribution is 7.89. The molecule has 26 heavy (non-hydrogen) atoms. The smallest absolute Gasteiger partial charge is 0.243 e. The second-order valence-corrected chi connectivity index (χ2v) is 8.35. The van der Waals surface area contributed by atoms with E-state index in [0.717, 1.165) is 5.56 Å². The lowest BCUT2D eigenvalue weighted by Crippen LogP contribution is -2.58. The summed E-state index contributed by atoms with van der Waals surface area (Å²) in [7, 11) is -3.67. The molecule has 0 saturated carbocycles. The quantitative estimate of drug-likeness (QED) is 0.486. The minimum absolute atomic E-state index is 0.0923. The van der Waals surface area contributed by atoms with E-state index >= 15 is 0 Å². The van der Waals surface area contributed by atoms with Gasteiger partial charge in [0.1, 0.15) is 0 Å². The average molecular weight is 381 g/mol. The fourth-order valence-corrected chi connectivity index (χ4v) is 4.31. The summed E-state index contributed by atoms with van der Waals surface area (Å²) in [6, 6.07) is 6.80. The van der Waals surface area contributed by atoms with Gasteiger partial charge in [-0.3, -0.25) is 0 Å². The number of nitrogens with zero attached hydrogens (tertiary/aromatic N) is 1. The van der Waals surface area contributed by atoms with Crippen molar-refractivity contribution >= 4 is 10.0 Å². The molecule has 1 aliphatic rings. The van der Waals surface area contributed by atoms with Crippen molar-refractivity contribution in [2.45, 2.75) is 30.6 Å². The van der Waals surface area contributed by atoms with Gasteiger partial charge in [-0.1, -0.05) is 29.8 Å². The van der Waals surface area contributed by atoms with E-state index in [1.54, 1.807) is 43.3 Å². The largest absolute Gasteiger partial charge is 0.375 e. The maximum absolute atomic E-state index is 13.1. The molecule has 0 radical (unpaired) electrons. The first kappa shape index (κ1) is 20.8. The van der Waals surface area contributed by atoms with Gasteiger partial charge in [0, 0.05) is 6.54 Å². The Morgan fingerprint density at radius 3 is 2.54 bits per heavy atom. The first-order valence-corrected chi connectivity index (χ1v) is 9.93. The summed E-state index contributed by atoms with van der Waals surface area (Å²) in [5.74, 6) is -1.08. The van der Waals surface area contributed by atoms with Gasteiger partial charge in [0.05, 0.1) is 37.4 Å². The van der Waals surface area contributed by atoms with Crippen molar-refractivity contribution in [2.24, 2.45) is 0 Å². The van der Waals surface area contributed by atoms with Gasteiger partial charge < -0.3 is 14.2 Å². The maximum atomic E-state index is 13.1. The molecule has 0 aromatic heterocycles. The fourth-order valence-electron chi connectivity index (χ4n) is 2.77. The number of aryl methyl sites for hydroxylation is 1. The van der Waals surface area contributed by atoms with Gasteiger partial charge in [-0.2, -0.15) is 4.31 Å². The third-order valence-electron chi connectivity index (χ3n) is 3.99. The van der Waals surface area contributed by atoms with E-state index < -0.39 is 21.9 Å². The first-order valence-electron chi connectivity index (χ1n) is 8.49. The molecule has 1 heterocycles. The molecule has 1 aromatic carbocycles. The summed E-state index contributed by atoms with van der Waals surface area (Å²) in [6.45, 7) is 12.0. The van der Waals surface area contributed by atoms with E-state index in [1.165, 1.54) is 4.31 Å². The van der Waals surface area contributed by atoms with Crippen LogP contribution in [-0.4, -0.2) is 57.5 Å². The number of morpholine rings is 1. The van der Waals surface area contributed by atoms with Crippen molar-refractivity contribution in [3.05, 3.63) is 55.1 Å². The third-order valence-corrected chi connectivity index (χ3v) is 5.82. The fraction of sp³-hybridized carbons (Fsp3) is 0.474. The molecule has 2 rings (SSSR count). The Morgan fingerprint density at radius 1 is 1.27 bits per heavy atom. The molecule has 0 amide bonds. The van der Waals surface area contributed by atoms with Crippen LogP contribution in [0.1, 0.15) is 12.5 Å². The molecule has 1 fully saturated rings. The molecular formula is C19H27NO5S. The van der Waals surface area contributed by atoms with Crippen LogP contribution in [0.2, 0.25) is 0 Å². The summed E-state index contributed by atoms with van der Waals surface area (Å²) >= 11 is 0. The van der Waals surface area contributed by atoms with Gasteiger partial charge in [-0.15, -0.1) is 13.2 Å². The van der Waals surface area contributed by atoms with Crippen molar-refractivity contribution in [1.82, 2.24) is 4.31 Å². The lowest BCUT2D eigenvalue weighted by molar-refractivity contribution is -0.274. The van der Waals surface area contributed by atoms with Crippen LogP contribution in [0.4, 0.5) is 0 Å². The summed E-state index contributed by atoms with van der Waals surface area (Å²) in [5, 5.41) is 0. The van der Waals surface area contributed by atoms with Crippen molar-refractivity contribution in [3.63, 3.8) is 0 Å². The molecule has 0 aliphatic carbocycles. The zero-order chi connectivity index (χ0) is 19.2. The van der Waals surface area contributed by atoms with E-state index in [4.69, 9.17) is 14.2 Å². The topological polar surface area (TPSA) is 65.1 Å². The zero-order valence-corrected chi connectivity index (χ0v) is 16.2. The molecule has 1 aromatic rings. The van der Waals surface area contributed by atoms with Crippen LogP contribution in [0, 0.1) is 6.92 Å². The Morgan fingerprint density at radius 2 is 1.92 bits per heavy atom. The highest BCUT2D eigenvalue weighted by Gasteiger charge is 2.42. The zero-order valence-electron chi connectivity index (χ0n) is 15.4. The number of rotatable bonds is 9. The van der Waals surface area contributed by atoms with Crippen LogP contribution < -0.4 is 0 Å². The first-order chi connectivity index (χ1) is 12.3. The second kappa shape index (κ2) is 8.92. The Labute approximate surface area is 156 Å². The van der Waals surface area contributed by atoms with Gasteiger partial charge in [0.15, 0.2) is 5.79 Å². The van der Waals surface area contributed by atoms with Gasteiger partial charge >= 0.3 is 0 Å². The molecule has 0 spiro atoms. The van der Waals surface area contributed by atoms with Crippen LogP contribution in [0.25, 0.3) is 0 Å². The van der Waals surface area contributed by atoms with Gasteiger partial charge in [-0.25, -0.2) is 8.42 Å². The minimum atomic E-state index is -3.67. The Balaban J connectivity index is 2.24. The molecule has 0 unspecified atom stereocenters. The third kappa shape index (κ3) is 5.25. The normalized spacial score (nSPS) is 24.3. The van der Waals surface area contributed by atoms with Gasteiger partial charge in [-0.05, 0) is 26.0 Å². The minimum Gasteiger partial charge on any atom is -0.375 e. The number of benzene rings is 1. The molecule has 7 heteroatoms. The van der Waals surface area contributed by atoms with E-state index in [0.29, 0.717) is 6.61 Å². The number of hydrogen-bond donors (Lipinski definition) is 0. The molecule has 144 valence electrons. The van der Waals surface area contributed by atoms with Gasteiger partial charge in [0.2, 0.25) is 10.0 Å². The molecule has 6 nitrogen and oxygen atoms in total. The van der Waals surface area contributed by atoms with Crippen LogP contribution in [0.3, 0.4) is 0 Å². The van der Waals surface area contributed by atoms with E-state index in [1.807, 2.05) is 6.92 Å². The summed E-state index contributed by atoms with van der Waals surface area (Å²) in [5.41, 5.74) is 1.00. The Bertz CT molecular complexity index is 716. The van der Waals surface area contributed by atoms with Crippen molar-refractivity contribution in [2.75, 3.05) is 32.9 Å². The standard InChI is InChI=1S/C19H27NO5S/c1-5-11-23-14-17-13-20(15-19(4,25-17)24-12-6-2)26(21,22)18-9-7-16(3)8-10-18/h5-10,17H,1-2,11-15H2,3-4H3/t17-,19-/m1/s1. The lowest BCUT2D eigenvalue weighted by atomic mass is 10.2. The SMILES string of the molecule is C=CCOC[C@H]1CN(S(=O)(=O)c2ccc(C)cc2)C[C@](C)(OCC=C)O1. The van der Waals surface area contributed by atoms with Crippen LogP contribution >= 0.6 is 0 Å². The summed E-state index contributed by atoms with van der Waals surface area (Å²) in [6.07, 6.45) is 2.79. The van der Waals surface area contributed by atoms with E-state index in [9.17, 15) is 8.42 Å². The predicted molar refractivity (Wildman–Crippen MR) is 100 cm³/mol. The molecule has 2 atom stereocenters. The van der Waals surface area contributed by atoms with Crippen molar-refractivity contribution in [1.29, 1.82) is 0 Å².